The smallest absolute Gasteiger partial charge is 0.175 e. The highest BCUT2D eigenvalue weighted by Crippen LogP contribution is 2.33. The molecule has 0 radical (unpaired) electrons. The van der Waals surface area contributed by atoms with Gasteiger partial charge >= 0.3 is 0 Å². The largest absolute Gasteiger partial charge is 0.256 e. The van der Waals surface area contributed by atoms with Crippen LogP contribution in [0.15, 0.2) is 103 Å². The van der Waals surface area contributed by atoms with Crippen LogP contribution in [-0.2, 0) is 9.84 Å². The Labute approximate surface area is 217 Å². The van der Waals surface area contributed by atoms with Crippen LogP contribution in [0.2, 0.25) is 0 Å². The topological polar surface area (TPSA) is 72.8 Å². The van der Waals surface area contributed by atoms with Gasteiger partial charge in [-0.15, -0.1) is 0 Å². The maximum Gasteiger partial charge on any atom is 0.175 e. The molecule has 0 spiro atoms. The lowest BCUT2D eigenvalue weighted by Crippen LogP contribution is -1.97. The van der Waals surface area contributed by atoms with E-state index < -0.39 is 9.84 Å². The number of nitrogens with zero attached hydrogens (tertiary/aromatic N) is 3. The minimum Gasteiger partial charge on any atom is -0.256 e. The number of aromatic nitrogens is 3. The molecule has 0 aliphatic rings. The van der Waals surface area contributed by atoms with E-state index in [1.165, 1.54) is 18.1 Å². The van der Waals surface area contributed by atoms with Crippen molar-refractivity contribution in [3.63, 3.8) is 0 Å². The molecule has 6 heteroatoms. The minimum atomic E-state index is -3.28. The number of hydrogen-bond acceptors (Lipinski definition) is 5. The Balaban J connectivity index is 1.65. The summed E-state index contributed by atoms with van der Waals surface area (Å²) in [6, 6.07) is 23.8. The Hall–Kier alpha value is -4.16. The van der Waals surface area contributed by atoms with Gasteiger partial charge in [0.25, 0.3) is 0 Å². The van der Waals surface area contributed by atoms with Gasteiger partial charge in [-0.3, -0.25) is 4.98 Å². The van der Waals surface area contributed by atoms with E-state index in [4.69, 9.17) is 4.98 Å². The van der Waals surface area contributed by atoms with Gasteiger partial charge < -0.3 is 0 Å². The Bertz CT molecular complexity index is 1710. The third-order valence-electron chi connectivity index (χ3n) is 6.37. The van der Waals surface area contributed by atoms with E-state index in [0.29, 0.717) is 5.92 Å². The van der Waals surface area contributed by atoms with Crippen molar-refractivity contribution >= 4 is 32.4 Å². The number of sulfone groups is 1. The van der Waals surface area contributed by atoms with Crippen molar-refractivity contribution in [2.24, 2.45) is 0 Å². The number of rotatable bonds is 6. The molecule has 2 heterocycles. The van der Waals surface area contributed by atoms with E-state index >= 15 is 0 Å². The first-order valence-electron chi connectivity index (χ1n) is 12.1. The zero-order valence-corrected chi connectivity index (χ0v) is 21.8. The number of benzene rings is 3. The van der Waals surface area contributed by atoms with Gasteiger partial charge in [-0.05, 0) is 76.2 Å². The van der Waals surface area contributed by atoms with Crippen molar-refractivity contribution in [2.45, 2.75) is 24.7 Å². The van der Waals surface area contributed by atoms with Crippen molar-refractivity contribution in [1.29, 1.82) is 0 Å². The van der Waals surface area contributed by atoms with Gasteiger partial charge in [0.2, 0.25) is 0 Å². The van der Waals surface area contributed by atoms with Crippen LogP contribution in [0.1, 0.15) is 42.0 Å². The van der Waals surface area contributed by atoms with Crippen molar-refractivity contribution < 1.29 is 8.42 Å². The highest BCUT2D eigenvalue weighted by Gasteiger charge is 2.13. The van der Waals surface area contributed by atoms with E-state index in [9.17, 15) is 8.42 Å². The monoisotopic (exact) mass is 505 g/mol. The van der Waals surface area contributed by atoms with Gasteiger partial charge in [0, 0.05) is 41.4 Å². The van der Waals surface area contributed by atoms with Crippen LogP contribution in [0, 0.1) is 0 Å². The molecule has 5 rings (SSSR count). The summed E-state index contributed by atoms with van der Waals surface area (Å²) in [4.78, 5) is 13.4. The molecule has 0 fully saturated rings. The van der Waals surface area contributed by atoms with Crippen LogP contribution in [0.5, 0.6) is 0 Å². The van der Waals surface area contributed by atoms with Crippen LogP contribution >= 0.6 is 0 Å². The van der Waals surface area contributed by atoms with Crippen LogP contribution in [0.3, 0.4) is 0 Å². The van der Waals surface area contributed by atoms with Crippen molar-refractivity contribution in [2.75, 3.05) is 6.26 Å². The third kappa shape index (κ3) is 5.34. The fourth-order valence-electron chi connectivity index (χ4n) is 4.38. The van der Waals surface area contributed by atoms with Gasteiger partial charge in [-0.25, -0.2) is 18.4 Å². The minimum absolute atomic E-state index is 0.284. The zero-order valence-electron chi connectivity index (χ0n) is 21.0. The summed E-state index contributed by atoms with van der Waals surface area (Å²) in [6.07, 6.45) is 10.1. The number of hydrogen-bond donors (Lipinski definition) is 0. The van der Waals surface area contributed by atoms with Crippen LogP contribution in [0.25, 0.3) is 33.7 Å². The van der Waals surface area contributed by atoms with Gasteiger partial charge in [0.05, 0.1) is 10.4 Å². The zero-order chi connectivity index (χ0) is 26.0. The van der Waals surface area contributed by atoms with E-state index in [0.717, 1.165) is 44.3 Å². The van der Waals surface area contributed by atoms with Crippen LogP contribution < -0.4 is 0 Å². The van der Waals surface area contributed by atoms with Crippen molar-refractivity contribution in [3.8, 4) is 11.1 Å². The molecule has 5 nitrogen and oxygen atoms in total. The normalized spacial score (nSPS) is 12.3. The average molecular weight is 506 g/mol. The Morgan fingerprint density at radius 3 is 2.32 bits per heavy atom. The molecule has 5 aromatic rings. The summed E-state index contributed by atoms with van der Waals surface area (Å²) in [5.41, 5.74) is 8.04. The Morgan fingerprint density at radius 2 is 1.62 bits per heavy atom. The molecule has 2 aromatic heterocycles. The maximum atomic E-state index is 12.0. The quantitative estimate of drug-likeness (QED) is 0.237. The highest BCUT2D eigenvalue weighted by molar-refractivity contribution is 7.90. The van der Waals surface area contributed by atoms with Gasteiger partial charge in [0.15, 0.2) is 9.84 Å². The molecule has 184 valence electrons. The van der Waals surface area contributed by atoms with E-state index in [1.807, 2.05) is 30.5 Å². The third-order valence-corrected chi connectivity index (χ3v) is 7.50. The molecular formula is C31H27N3O2S. The standard InChI is InChI=1S/C31H27N3O2S/c1-21(2)26-16-25-8-5-13-34-31(25)30(17-26)24-7-4-6-22(14-24)15-29(27-18-32-20-33-19-27)23-9-11-28(12-10-23)37(3,35)36/h4-21H,1-3H3/b29-15+. The molecule has 3 aromatic carbocycles. The summed E-state index contributed by atoms with van der Waals surface area (Å²) in [5.74, 6) is 0.394. The fourth-order valence-corrected chi connectivity index (χ4v) is 5.02. The van der Waals surface area contributed by atoms with Gasteiger partial charge in [0.1, 0.15) is 6.33 Å². The molecule has 0 atom stereocenters. The maximum absolute atomic E-state index is 12.0. The number of pyridine rings is 1. The summed E-state index contributed by atoms with van der Waals surface area (Å²) in [7, 11) is -3.28. The highest BCUT2D eigenvalue weighted by atomic mass is 32.2. The predicted octanol–water partition coefficient (Wildman–Crippen LogP) is 6.81. The average Bonchev–Trinajstić information content (AvgIpc) is 2.91. The fraction of sp³-hybridized carbons (Fsp3) is 0.129. The second-order valence-corrected chi connectivity index (χ2v) is 11.4. The molecule has 37 heavy (non-hydrogen) atoms. The first-order chi connectivity index (χ1) is 17.8. The molecule has 0 amide bonds. The second kappa shape index (κ2) is 10.1. The summed E-state index contributed by atoms with van der Waals surface area (Å²) in [5, 5.41) is 1.12. The first kappa shape index (κ1) is 24.5. The molecule has 0 saturated carbocycles. The Morgan fingerprint density at radius 1 is 0.865 bits per heavy atom. The second-order valence-electron chi connectivity index (χ2n) is 9.41. The lowest BCUT2D eigenvalue weighted by Gasteiger charge is -2.13. The van der Waals surface area contributed by atoms with Crippen molar-refractivity contribution in [1.82, 2.24) is 15.0 Å². The van der Waals surface area contributed by atoms with E-state index in [2.05, 4.69) is 66.3 Å². The number of fused-ring (bicyclic) bond motifs is 1. The first-order valence-corrected chi connectivity index (χ1v) is 14.0. The lowest BCUT2D eigenvalue weighted by molar-refractivity contribution is 0.602. The molecule has 0 aliphatic carbocycles. The van der Waals surface area contributed by atoms with E-state index in [1.54, 1.807) is 24.5 Å². The molecule has 0 aliphatic heterocycles. The molecule has 0 N–H and O–H groups in total. The summed E-state index contributed by atoms with van der Waals surface area (Å²) < 4.78 is 23.9. The van der Waals surface area contributed by atoms with E-state index in [-0.39, 0.29) is 4.90 Å². The van der Waals surface area contributed by atoms with Crippen LogP contribution in [0.4, 0.5) is 0 Å². The summed E-state index contributed by atoms with van der Waals surface area (Å²) >= 11 is 0. The molecular weight excluding hydrogens is 478 g/mol. The Kier molecular flexibility index (Phi) is 6.68. The molecule has 0 bridgehead atoms. The summed E-state index contributed by atoms with van der Waals surface area (Å²) in [6.45, 7) is 4.40. The van der Waals surface area contributed by atoms with Gasteiger partial charge in [-0.1, -0.05) is 50.2 Å². The van der Waals surface area contributed by atoms with Gasteiger partial charge in [-0.2, -0.15) is 0 Å². The SMILES string of the molecule is CC(C)c1cc(-c2cccc(/C=C(\c3ccc(S(C)(=O)=O)cc3)c3cncnc3)c2)c2ncccc2c1. The predicted molar refractivity (Wildman–Crippen MR) is 150 cm³/mol. The van der Waals surface area contributed by atoms with Crippen LogP contribution in [-0.4, -0.2) is 29.6 Å². The lowest BCUT2D eigenvalue weighted by atomic mass is 9.92. The molecule has 0 unspecified atom stereocenters. The van der Waals surface area contributed by atoms with Crippen molar-refractivity contribution in [3.05, 3.63) is 120 Å². The molecule has 0 saturated heterocycles.